The summed E-state index contributed by atoms with van der Waals surface area (Å²) in [5.74, 6) is -1.33. The SMILES string of the molecule is COc1nc(OC(F)(F)F)cc(C(F)F)c1CBr. The average Bonchev–Trinajstić information content (AvgIpc) is 2.25. The molecule has 0 amide bonds. The van der Waals surface area contributed by atoms with Crippen LogP contribution in [0.1, 0.15) is 17.6 Å². The number of halogens is 6. The summed E-state index contributed by atoms with van der Waals surface area (Å²) in [4.78, 5) is 3.36. The number of pyridine rings is 1. The maximum atomic E-state index is 12.7. The van der Waals surface area contributed by atoms with Crippen LogP contribution in [0.25, 0.3) is 0 Å². The van der Waals surface area contributed by atoms with Crippen molar-refractivity contribution in [2.45, 2.75) is 18.1 Å². The van der Waals surface area contributed by atoms with Crippen LogP contribution in [0, 0.1) is 0 Å². The number of nitrogens with zero attached hydrogens (tertiary/aromatic N) is 1. The Balaban J connectivity index is 3.27. The van der Waals surface area contributed by atoms with Gasteiger partial charge in [0.2, 0.25) is 11.8 Å². The zero-order valence-electron chi connectivity index (χ0n) is 8.89. The first-order valence-corrected chi connectivity index (χ1v) is 5.58. The quantitative estimate of drug-likeness (QED) is 0.619. The van der Waals surface area contributed by atoms with Crippen LogP contribution in [0.5, 0.6) is 11.8 Å². The summed E-state index contributed by atoms with van der Waals surface area (Å²) < 4.78 is 69.5. The summed E-state index contributed by atoms with van der Waals surface area (Å²) in [6.45, 7) is 0. The maximum Gasteiger partial charge on any atom is 0.574 e. The minimum atomic E-state index is -5.01. The Morgan fingerprint density at radius 2 is 2.00 bits per heavy atom. The zero-order valence-corrected chi connectivity index (χ0v) is 10.5. The van der Waals surface area contributed by atoms with Crippen LogP contribution in [-0.2, 0) is 5.33 Å². The largest absolute Gasteiger partial charge is 0.574 e. The standard InChI is InChI=1S/C9H7BrF5NO2/c1-17-8-5(3-10)4(7(11)12)2-6(16-8)18-9(13,14)15/h2,7H,3H2,1H3. The summed E-state index contributed by atoms with van der Waals surface area (Å²) in [6, 6.07) is 0.539. The minimum Gasteiger partial charge on any atom is -0.481 e. The fourth-order valence-corrected chi connectivity index (χ4v) is 1.78. The molecule has 1 aromatic rings. The smallest absolute Gasteiger partial charge is 0.481 e. The second kappa shape index (κ2) is 5.68. The second-order valence-electron chi connectivity index (χ2n) is 3.02. The van der Waals surface area contributed by atoms with Gasteiger partial charge in [0.1, 0.15) is 0 Å². The molecule has 0 fully saturated rings. The van der Waals surface area contributed by atoms with E-state index in [-0.39, 0.29) is 16.8 Å². The molecule has 0 N–H and O–H groups in total. The summed E-state index contributed by atoms with van der Waals surface area (Å²) in [5.41, 5.74) is -0.653. The van der Waals surface area contributed by atoms with Crippen LogP contribution in [0.2, 0.25) is 0 Å². The molecule has 0 bridgehead atoms. The topological polar surface area (TPSA) is 31.4 Å². The Bertz CT molecular complexity index is 424. The first-order chi connectivity index (χ1) is 8.28. The summed E-state index contributed by atoms with van der Waals surface area (Å²) in [5, 5.41) is -0.0326. The van der Waals surface area contributed by atoms with E-state index in [0.29, 0.717) is 6.07 Å². The van der Waals surface area contributed by atoms with Gasteiger partial charge in [-0.3, -0.25) is 0 Å². The molecule has 0 saturated carbocycles. The molecule has 0 unspecified atom stereocenters. The van der Waals surface area contributed by atoms with E-state index in [0.717, 1.165) is 7.11 Å². The van der Waals surface area contributed by atoms with Gasteiger partial charge in [-0.25, -0.2) is 8.78 Å². The molecule has 1 rings (SSSR count). The van der Waals surface area contributed by atoms with E-state index in [1.165, 1.54) is 0 Å². The molecule has 0 aliphatic carbocycles. The zero-order chi connectivity index (χ0) is 13.9. The lowest BCUT2D eigenvalue weighted by molar-refractivity contribution is -0.276. The van der Waals surface area contributed by atoms with Gasteiger partial charge in [0.05, 0.1) is 7.11 Å². The highest BCUT2D eigenvalue weighted by Crippen LogP contribution is 2.34. The molecule has 0 aliphatic heterocycles. The van der Waals surface area contributed by atoms with Gasteiger partial charge in [-0.05, 0) is 0 Å². The number of hydrogen-bond donors (Lipinski definition) is 0. The number of alkyl halides is 6. The molecule has 1 aromatic heterocycles. The lowest BCUT2D eigenvalue weighted by atomic mass is 10.1. The predicted molar refractivity (Wildman–Crippen MR) is 55.1 cm³/mol. The Morgan fingerprint density at radius 3 is 2.39 bits per heavy atom. The third-order valence-corrected chi connectivity index (χ3v) is 2.44. The van der Waals surface area contributed by atoms with Crippen LogP contribution < -0.4 is 9.47 Å². The van der Waals surface area contributed by atoms with E-state index < -0.39 is 24.2 Å². The van der Waals surface area contributed by atoms with Crippen molar-refractivity contribution in [2.75, 3.05) is 7.11 Å². The van der Waals surface area contributed by atoms with Crippen molar-refractivity contribution in [1.29, 1.82) is 0 Å². The van der Waals surface area contributed by atoms with Crippen molar-refractivity contribution < 1.29 is 31.4 Å². The third-order valence-electron chi connectivity index (χ3n) is 1.88. The molecule has 1 heterocycles. The van der Waals surface area contributed by atoms with Gasteiger partial charge in [-0.2, -0.15) is 4.98 Å². The van der Waals surface area contributed by atoms with Gasteiger partial charge in [-0.1, -0.05) is 15.9 Å². The molecule has 0 aliphatic rings. The van der Waals surface area contributed by atoms with Gasteiger partial charge in [0.25, 0.3) is 6.43 Å². The van der Waals surface area contributed by atoms with Gasteiger partial charge < -0.3 is 9.47 Å². The fourth-order valence-electron chi connectivity index (χ4n) is 1.21. The first-order valence-electron chi connectivity index (χ1n) is 4.46. The van der Waals surface area contributed by atoms with E-state index in [9.17, 15) is 22.0 Å². The molecular weight excluding hydrogens is 329 g/mol. The molecule has 0 spiro atoms. The molecule has 3 nitrogen and oxygen atoms in total. The average molecular weight is 336 g/mol. The van der Waals surface area contributed by atoms with Gasteiger partial charge in [0.15, 0.2) is 0 Å². The Morgan fingerprint density at radius 1 is 1.39 bits per heavy atom. The van der Waals surface area contributed by atoms with Crippen molar-refractivity contribution in [3.8, 4) is 11.8 Å². The fraction of sp³-hybridized carbons (Fsp3) is 0.444. The Labute approximate surface area is 107 Å². The molecule has 18 heavy (non-hydrogen) atoms. The lowest BCUT2D eigenvalue weighted by Gasteiger charge is -2.14. The number of methoxy groups -OCH3 is 1. The molecular formula is C9H7BrF5NO2. The number of rotatable bonds is 4. The van der Waals surface area contributed by atoms with Crippen molar-refractivity contribution in [3.63, 3.8) is 0 Å². The molecule has 9 heteroatoms. The molecule has 0 atom stereocenters. The predicted octanol–water partition coefficient (Wildman–Crippen LogP) is 3.82. The van der Waals surface area contributed by atoms with Gasteiger partial charge >= 0.3 is 6.36 Å². The van der Waals surface area contributed by atoms with Crippen molar-refractivity contribution in [2.24, 2.45) is 0 Å². The van der Waals surface area contributed by atoms with Crippen LogP contribution in [0.3, 0.4) is 0 Å². The van der Waals surface area contributed by atoms with E-state index >= 15 is 0 Å². The maximum absolute atomic E-state index is 12.7. The van der Waals surface area contributed by atoms with Crippen molar-refractivity contribution in [3.05, 3.63) is 17.2 Å². The van der Waals surface area contributed by atoms with E-state index in [1.807, 2.05) is 0 Å². The molecule has 0 saturated heterocycles. The van der Waals surface area contributed by atoms with Gasteiger partial charge in [-0.15, -0.1) is 13.2 Å². The second-order valence-corrected chi connectivity index (χ2v) is 3.58. The van der Waals surface area contributed by atoms with Gasteiger partial charge in [0, 0.05) is 22.5 Å². The highest BCUT2D eigenvalue weighted by molar-refractivity contribution is 9.08. The Kier molecular flexibility index (Phi) is 4.71. The normalized spacial score (nSPS) is 11.8. The first kappa shape index (κ1) is 14.9. The van der Waals surface area contributed by atoms with Crippen LogP contribution in [0.4, 0.5) is 22.0 Å². The highest BCUT2D eigenvalue weighted by Gasteiger charge is 2.33. The number of ether oxygens (including phenoxy) is 2. The van der Waals surface area contributed by atoms with Crippen LogP contribution >= 0.6 is 15.9 Å². The van der Waals surface area contributed by atoms with Crippen LogP contribution in [0.15, 0.2) is 6.07 Å². The van der Waals surface area contributed by atoms with Crippen molar-refractivity contribution in [1.82, 2.24) is 4.98 Å². The molecule has 0 aromatic carbocycles. The van der Waals surface area contributed by atoms with Crippen molar-refractivity contribution >= 4 is 15.9 Å². The monoisotopic (exact) mass is 335 g/mol. The molecule has 0 radical (unpaired) electrons. The van der Waals surface area contributed by atoms with E-state index in [2.05, 4.69) is 30.4 Å². The summed E-state index contributed by atoms with van der Waals surface area (Å²) >= 11 is 2.94. The minimum absolute atomic E-state index is 0.0259. The van der Waals surface area contributed by atoms with Crippen LogP contribution in [-0.4, -0.2) is 18.5 Å². The Hall–Kier alpha value is -1.12. The number of aromatic nitrogens is 1. The van der Waals surface area contributed by atoms with E-state index in [4.69, 9.17) is 0 Å². The lowest BCUT2D eigenvalue weighted by Crippen LogP contribution is -2.18. The van der Waals surface area contributed by atoms with E-state index in [1.54, 1.807) is 0 Å². The molecule has 102 valence electrons. The number of hydrogen-bond acceptors (Lipinski definition) is 3. The summed E-state index contributed by atoms with van der Waals surface area (Å²) in [7, 11) is 1.11. The summed E-state index contributed by atoms with van der Waals surface area (Å²) in [6.07, 6.45) is -7.97. The third kappa shape index (κ3) is 3.69. The highest BCUT2D eigenvalue weighted by atomic mass is 79.9.